The van der Waals surface area contributed by atoms with Crippen LogP contribution in [0.2, 0.25) is 0 Å². The molecule has 0 spiro atoms. The smallest absolute Gasteiger partial charge is 0.171 e. The van der Waals surface area contributed by atoms with Crippen molar-refractivity contribution < 1.29 is 9.47 Å². The van der Waals surface area contributed by atoms with E-state index in [0.717, 1.165) is 19.6 Å². The lowest BCUT2D eigenvalue weighted by atomic mass is 9.81. The Labute approximate surface area is 154 Å². The number of hydrogen-bond acceptors (Lipinski definition) is 3. The van der Waals surface area contributed by atoms with Crippen molar-refractivity contribution in [1.29, 1.82) is 0 Å². The van der Waals surface area contributed by atoms with Gasteiger partial charge in [-0.05, 0) is 31.4 Å². The highest BCUT2D eigenvalue weighted by Gasteiger charge is 2.43. The molecule has 1 heterocycles. The van der Waals surface area contributed by atoms with Gasteiger partial charge in [-0.15, -0.1) is 0 Å². The number of benzene rings is 1. The fourth-order valence-electron chi connectivity index (χ4n) is 3.94. The third-order valence-electron chi connectivity index (χ3n) is 5.40. The number of unbranched alkanes of at least 4 members (excludes halogenated alkanes) is 2. The van der Waals surface area contributed by atoms with Gasteiger partial charge in [-0.25, -0.2) is 0 Å². The van der Waals surface area contributed by atoms with Crippen molar-refractivity contribution in [2.75, 3.05) is 32.2 Å². The number of nitrogens with zero attached hydrogens (tertiary/aromatic N) is 1. The summed E-state index contributed by atoms with van der Waals surface area (Å²) < 4.78 is 12.0. The van der Waals surface area contributed by atoms with Crippen molar-refractivity contribution in [3.05, 3.63) is 30.3 Å². The van der Waals surface area contributed by atoms with E-state index < -0.39 is 0 Å². The molecule has 0 atom stereocenters. The van der Waals surface area contributed by atoms with Gasteiger partial charge in [0.1, 0.15) is 0 Å². The zero-order chi connectivity index (χ0) is 18.0. The third-order valence-corrected chi connectivity index (χ3v) is 5.40. The van der Waals surface area contributed by atoms with Crippen molar-refractivity contribution in [2.24, 2.45) is 5.92 Å². The molecule has 0 bridgehead atoms. The highest BCUT2D eigenvalue weighted by Crippen LogP contribution is 2.41. The van der Waals surface area contributed by atoms with Gasteiger partial charge in [-0.3, -0.25) is 0 Å². The van der Waals surface area contributed by atoms with Crippen molar-refractivity contribution in [3.63, 3.8) is 0 Å². The van der Waals surface area contributed by atoms with Crippen LogP contribution in [0.1, 0.15) is 64.7 Å². The maximum Gasteiger partial charge on any atom is 0.171 e. The van der Waals surface area contributed by atoms with Crippen LogP contribution < -0.4 is 4.90 Å². The van der Waals surface area contributed by atoms with Crippen molar-refractivity contribution >= 4 is 5.69 Å². The Hall–Kier alpha value is -1.06. The van der Waals surface area contributed by atoms with Crippen LogP contribution in [0.25, 0.3) is 0 Å². The minimum absolute atomic E-state index is 0.185. The normalized spacial score (nSPS) is 20.0. The predicted molar refractivity (Wildman–Crippen MR) is 106 cm³/mol. The molecule has 25 heavy (non-hydrogen) atoms. The van der Waals surface area contributed by atoms with Crippen molar-refractivity contribution in [1.82, 2.24) is 0 Å². The van der Waals surface area contributed by atoms with Crippen LogP contribution in [-0.4, -0.2) is 33.1 Å². The summed E-state index contributed by atoms with van der Waals surface area (Å²) in [5, 5.41) is 0. The zero-order valence-electron chi connectivity index (χ0n) is 16.5. The maximum absolute atomic E-state index is 6.00. The zero-order valence-corrected chi connectivity index (χ0v) is 16.5. The Balaban J connectivity index is 0.000000212. The van der Waals surface area contributed by atoms with Crippen LogP contribution >= 0.6 is 0 Å². The molecule has 1 aromatic carbocycles. The summed E-state index contributed by atoms with van der Waals surface area (Å²) in [7, 11) is 4.07. The average Bonchev–Trinajstić information content (AvgIpc) is 3.14. The van der Waals surface area contributed by atoms with Gasteiger partial charge in [-0.2, -0.15) is 0 Å². The summed E-state index contributed by atoms with van der Waals surface area (Å²) in [6.07, 6.45) is 11.7. The molecule has 0 unspecified atom stereocenters. The van der Waals surface area contributed by atoms with Gasteiger partial charge in [0, 0.05) is 32.1 Å². The molecule has 2 fully saturated rings. The Kier molecular flexibility index (Phi) is 8.77. The molecule has 0 N–H and O–H groups in total. The van der Waals surface area contributed by atoms with Crippen molar-refractivity contribution in [2.45, 2.75) is 70.5 Å². The van der Waals surface area contributed by atoms with Gasteiger partial charge in [0.15, 0.2) is 5.79 Å². The Bertz CT molecular complexity index is 448. The number of para-hydroxylation sites is 1. The highest BCUT2D eigenvalue weighted by molar-refractivity contribution is 5.43. The van der Waals surface area contributed by atoms with Gasteiger partial charge >= 0.3 is 0 Å². The molecule has 1 saturated heterocycles. The molecule has 0 radical (unpaired) electrons. The fourth-order valence-corrected chi connectivity index (χ4v) is 3.94. The molecular formula is C22H37NO2. The molecule has 0 amide bonds. The molecule has 2 aliphatic rings. The van der Waals surface area contributed by atoms with E-state index in [1.54, 1.807) is 0 Å². The largest absolute Gasteiger partial charge is 0.378 e. The minimum Gasteiger partial charge on any atom is -0.378 e. The van der Waals surface area contributed by atoms with E-state index in [1.807, 2.05) is 32.3 Å². The molecular weight excluding hydrogens is 310 g/mol. The van der Waals surface area contributed by atoms with Crippen LogP contribution in [0.15, 0.2) is 30.3 Å². The monoisotopic (exact) mass is 347 g/mol. The van der Waals surface area contributed by atoms with E-state index in [2.05, 4.69) is 24.0 Å². The van der Waals surface area contributed by atoms with Crippen LogP contribution in [0.5, 0.6) is 0 Å². The lowest BCUT2D eigenvalue weighted by Gasteiger charge is -2.38. The van der Waals surface area contributed by atoms with Gasteiger partial charge in [0.25, 0.3) is 0 Å². The summed E-state index contributed by atoms with van der Waals surface area (Å²) in [4.78, 5) is 2.08. The highest BCUT2D eigenvalue weighted by atomic mass is 16.7. The first-order valence-electron chi connectivity index (χ1n) is 10.2. The summed E-state index contributed by atoms with van der Waals surface area (Å²) >= 11 is 0. The second kappa shape index (κ2) is 10.8. The molecule has 1 saturated carbocycles. The standard InChI is InChI=1S/C14H26O2.C8H11N/c1-2-3-7-10-14(15-11-12-16-14)13-8-5-4-6-9-13;1-9(2)8-6-4-3-5-7-8/h13H,2-12H2,1H3;3-7H,1-2H3. The number of anilines is 1. The molecule has 1 aromatic rings. The molecule has 0 aromatic heterocycles. The van der Waals surface area contributed by atoms with E-state index in [9.17, 15) is 0 Å². The number of ether oxygens (including phenoxy) is 2. The Morgan fingerprint density at radius 3 is 2.12 bits per heavy atom. The predicted octanol–water partition coefficient (Wildman–Crippen LogP) is 5.64. The average molecular weight is 348 g/mol. The summed E-state index contributed by atoms with van der Waals surface area (Å²) in [6.45, 7) is 3.87. The summed E-state index contributed by atoms with van der Waals surface area (Å²) in [5.41, 5.74) is 1.25. The Morgan fingerprint density at radius 2 is 1.60 bits per heavy atom. The minimum atomic E-state index is -0.185. The molecule has 3 nitrogen and oxygen atoms in total. The molecule has 3 heteroatoms. The fraction of sp³-hybridized carbons (Fsp3) is 0.727. The quantitative estimate of drug-likeness (QED) is 0.621. The molecule has 3 rings (SSSR count). The van der Waals surface area contributed by atoms with E-state index >= 15 is 0 Å². The van der Waals surface area contributed by atoms with Crippen LogP contribution in [0, 0.1) is 5.92 Å². The van der Waals surface area contributed by atoms with Gasteiger partial charge in [0.05, 0.1) is 13.2 Å². The molecule has 142 valence electrons. The third kappa shape index (κ3) is 6.31. The molecule has 1 aliphatic heterocycles. The van der Waals surface area contributed by atoms with E-state index in [-0.39, 0.29) is 5.79 Å². The topological polar surface area (TPSA) is 21.7 Å². The first-order chi connectivity index (χ1) is 12.2. The van der Waals surface area contributed by atoms with Crippen LogP contribution in [0.3, 0.4) is 0 Å². The van der Waals surface area contributed by atoms with E-state index in [1.165, 1.54) is 57.1 Å². The number of hydrogen-bond donors (Lipinski definition) is 0. The second-order valence-corrected chi connectivity index (χ2v) is 7.53. The van der Waals surface area contributed by atoms with Gasteiger partial charge in [-0.1, -0.05) is 57.2 Å². The second-order valence-electron chi connectivity index (χ2n) is 7.53. The Morgan fingerprint density at radius 1 is 0.960 bits per heavy atom. The van der Waals surface area contributed by atoms with Crippen LogP contribution in [-0.2, 0) is 9.47 Å². The van der Waals surface area contributed by atoms with E-state index in [0.29, 0.717) is 5.92 Å². The first kappa shape index (κ1) is 20.3. The van der Waals surface area contributed by atoms with Gasteiger partial charge < -0.3 is 14.4 Å². The van der Waals surface area contributed by atoms with Gasteiger partial charge in [0.2, 0.25) is 0 Å². The summed E-state index contributed by atoms with van der Waals surface area (Å²) in [6, 6.07) is 10.3. The number of rotatable bonds is 6. The lowest BCUT2D eigenvalue weighted by Crippen LogP contribution is -2.40. The van der Waals surface area contributed by atoms with Crippen LogP contribution in [0.4, 0.5) is 5.69 Å². The lowest BCUT2D eigenvalue weighted by molar-refractivity contribution is -0.207. The SMILES string of the molecule is CCCCCC1(C2CCCCC2)OCCO1.CN(C)c1ccccc1. The van der Waals surface area contributed by atoms with E-state index in [4.69, 9.17) is 9.47 Å². The maximum atomic E-state index is 6.00. The first-order valence-corrected chi connectivity index (χ1v) is 10.2. The molecule has 1 aliphatic carbocycles. The van der Waals surface area contributed by atoms with Crippen molar-refractivity contribution in [3.8, 4) is 0 Å². The summed E-state index contributed by atoms with van der Waals surface area (Å²) in [5.74, 6) is 0.482.